The van der Waals surface area contributed by atoms with Gasteiger partial charge in [0.1, 0.15) is 11.6 Å². The number of carbonyl (C=O) groups is 2. The van der Waals surface area contributed by atoms with Crippen LogP contribution in [-0.2, 0) is 4.79 Å². The van der Waals surface area contributed by atoms with Gasteiger partial charge in [0.25, 0.3) is 5.91 Å². The molecular formula is C30H32F2N2O2. The van der Waals surface area contributed by atoms with Crippen molar-refractivity contribution >= 4 is 11.8 Å². The minimum atomic E-state index is -0.295. The van der Waals surface area contributed by atoms with Gasteiger partial charge in [0.2, 0.25) is 5.91 Å². The van der Waals surface area contributed by atoms with Crippen LogP contribution >= 0.6 is 0 Å². The van der Waals surface area contributed by atoms with E-state index in [-0.39, 0.29) is 29.4 Å². The van der Waals surface area contributed by atoms with Crippen molar-refractivity contribution in [1.82, 2.24) is 10.6 Å². The number of halogens is 2. The van der Waals surface area contributed by atoms with Crippen molar-refractivity contribution in [3.05, 3.63) is 119 Å². The highest BCUT2D eigenvalue weighted by Gasteiger charge is 2.15. The molecule has 0 aliphatic heterocycles. The number of amides is 2. The fourth-order valence-corrected chi connectivity index (χ4v) is 3.94. The molecule has 2 N–H and O–H groups in total. The Morgan fingerprint density at radius 3 is 1.83 bits per heavy atom. The highest BCUT2D eigenvalue weighted by molar-refractivity contribution is 5.94. The summed E-state index contributed by atoms with van der Waals surface area (Å²) >= 11 is 0. The first kappa shape index (κ1) is 26.8. The maximum atomic E-state index is 13.4. The van der Waals surface area contributed by atoms with Crippen molar-refractivity contribution in [3.63, 3.8) is 0 Å². The maximum absolute atomic E-state index is 13.4. The Kier molecular flexibility index (Phi) is 10.4. The third kappa shape index (κ3) is 8.77. The number of hydrogen-bond acceptors (Lipinski definition) is 2. The standard InChI is InChI=1S/C30H32F2N2O2/c1-22-8-10-25(11-9-22)30(36)34-21-5-4-20-33-29(35)7-3-2-6-28(23-12-16-26(31)17-13-23)24-14-18-27(32)19-15-24/h4-5,8-19,28H,2-3,6-7,20-21H2,1H3,(H,33,35)(H,34,36)/b5-4-. The lowest BCUT2D eigenvalue weighted by Crippen LogP contribution is -2.24. The van der Waals surface area contributed by atoms with Crippen molar-refractivity contribution in [2.75, 3.05) is 13.1 Å². The summed E-state index contributed by atoms with van der Waals surface area (Å²) in [5.41, 5.74) is 3.64. The fourth-order valence-electron chi connectivity index (χ4n) is 3.94. The second-order valence-corrected chi connectivity index (χ2v) is 8.75. The van der Waals surface area contributed by atoms with E-state index in [1.807, 2.05) is 31.2 Å². The van der Waals surface area contributed by atoms with Gasteiger partial charge in [-0.3, -0.25) is 9.59 Å². The van der Waals surface area contributed by atoms with E-state index >= 15 is 0 Å². The van der Waals surface area contributed by atoms with E-state index in [9.17, 15) is 18.4 Å². The molecule has 0 aromatic heterocycles. The van der Waals surface area contributed by atoms with E-state index in [0.717, 1.165) is 29.5 Å². The molecule has 2 amide bonds. The summed E-state index contributed by atoms with van der Waals surface area (Å²) in [6.45, 7) is 2.75. The van der Waals surface area contributed by atoms with Crippen LogP contribution in [0.5, 0.6) is 0 Å². The SMILES string of the molecule is Cc1ccc(C(=O)NC/C=C\CNC(=O)CCCCC(c2ccc(F)cc2)c2ccc(F)cc2)cc1. The van der Waals surface area contributed by atoms with Crippen molar-refractivity contribution in [2.45, 2.75) is 38.5 Å². The largest absolute Gasteiger partial charge is 0.353 e. The Balaban J connectivity index is 1.36. The summed E-state index contributed by atoms with van der Waals surface area (Å²) in [4.78, 5) is 24.2. The van der Waals surface area contributed by atoms with Crippen LogP contribution in [0, 0.1) is 18.6 Å². The van der Waals surface area contributed by atoms with Gasteiger partial charge in [-0.2, -0.15) is 0 Å². The van der Waals surface area contributed by atoms with Crippen LogP contribution in [0.25, 0.3) is 0 Å². The van der Waals surface area contributed by atoms with Crippen LogP contribution in [0.15, 0.2) is 84.9 Å². The molecule has 0 heterocycles. The van der Waals surface area contributed by atoms with Gasteiger partial charge in [-0.05, 0) is 67.3 Å². The van der Waals surface area contributed by atoms with E-state index in [1.54, 1.807) is 36.4 Å². The molecule has 6 heteroatoms. The lowest BCUT2D eigenvalue weighted by atomic mass is 9.87. The zero-order valence-corrected chi connectivity index (χ0v) is 20.5. The number of nitrogens with one attached hydrogen (secondary N) is 2. The molecule has 0 aliphatic rings. The highest BCUT2D eigenvalue weighted by Crippen LogP contribution is 2.30. The van der Waals surface area contributed by atoms with Crippen LogP contribution in [0.4, 0.5) is 8.78 Å². The van der Waals surface area contributed by atoms with Crippen LogP contribution in [0.3, 0.4) is 0 Å². The lowest BCUT2D eigenvalue weighted by Gasteiger charge is -2.18. The monoisotopic (exact) mass is 490 g/mol. The molecule has 0 aliphatic carbocycles. The normalized spacial score (nSPS) is 11.1. The molecule has 0 unspecified atom stereocenters. The molecule has 0 spiro atoms. The summed E-state index contributed by atoms with van der Waals surface area (Å²) in [5, 5.41) is 5.66. The third-order valence-corrected chi connectivity index (χ3v) is 5.97. The topological polar surface area (TPSA) is 58.2 Å². The first-order valence-electron chi connectivity index (χ1n) is 12.2. The van der Waals surface area contributed by atoms with Gasteiger partial charge < -0.3 is 10.6 Å². The zero-order valence-electron chi connectivity index (χ0n) is 20.5. The van der Waals surface area contributed by atoms with Gasteiger partial charge >= 0.3 is 0 Å². The Labute approximate surface area is 211 Å². The van der Waals surface area contributed by atoms with E-state index in [4.69, 9.17) is 0 Å². The molecule has 0 bridgehead atoms. The quantitative estimate of drug-likeness (QED) is 0.239. The second kappa shape index (κ2) is 13.9. The van der Waals surface area contributed by atoms with E-state index in [1.165, 1.54) is 24.3 Å². The molecule has 0 radical (unpaired) electrons. The zero-order chi connectivity index (χ0) is 25.8. The second-order valence-electron chi connectivity index (χ2n) is 8.75. The molecule has 188 valence electrons. The summed E-state index contributed by atoms with van der Waals surface area (Å²) < 4.78 is 26.7. The lowest BCUT2D eigenvalue weighted by molar-refractivity contribution is -0.121. The van der Waals surface area contributed by atoms with Gasteiger partial charge in [-0.15, -0.1) is 0 Å². The summed E-state index contributed by atoms with van der Waals surface area (Å²) in [6, 6.07) is 20.1. The Bertz CT molecular complexity index is 1100. The van der Waals surface area contributed by atoms with Gasteiger partial charge in [-0.1, -0.05) is 60.5 Å². The van der Waals surface area contributed by atoms with Crippen LogP contribution in [0.2, 0.25) is 0 Å². The molecule has 36 heavy (non-hydrogen) atoms. The number of benzene rings is 3. The van der Waals surface area contributed by atoms with Crippen molar-refractivity contribution in [3.8, 4) is 0 Å². The van der Waals surface area contributed by atoms with Crippen LogP contribution < -0.4 is 10.6 Å². The number of carbonyl (C=O) groups excluding carboxylic acids is 2. The average molecular weight is 491 g/mol. The predicted molar refractivity (Wildman–Crippen MR) is 139 cm³/mol. The molecule has 0 fully saturated rings. The maximum Gasteiger partial charge on any atom is 0.251 e. The number of hydrogen-bond donors (Lipinski definition) is 2. The molecule has 3 rings (SSSR count). The summed E-state index contributed by atoms with van der Waals surface area (Å²) in [6.07, 6.45) is 6.30. The van der Waals surface area contributed by atoms with Crippen molar-refractivity contribution in [1.29, 1.82) is 0 Å². The minimum absolute atomic E-state index is 0.00677. The van der Waals surface area contributed by atoms with E-state index < -0.39 is 0 Å². The van der Waals surface area contributed by atoms with Gasteiger partial charge in [0, 0.05) is 31.0 Å². The van der Waals surface area contributed by atoms with Gasteiger partial charge in [0.05, 0.1) is 0 Å². The fraction of sp³-hybridized carbons (Fsp3) is 0.267. The first-order valence-corrected chi connectivity index (χ1v) is 12.2. The molecule has 0 saturated heterocycles. The van der Waals surface area contributed by atoms with Gasteiger partial charge in [0.15, 0.2) is 0 Å². The Morgan fingerprint density at radius 2 is 1.28 bits per heavy atom. The van der Waals surface area contributed by atoms with E-state index in [2.05, 4.69) is 10.6 Å². The molecule has 4 nitrogen and oxygen atoms in total. The first-order chi connectivity index (χ1) is 17.4. The number of aryl methyl sites for hydroxylation is 1. The smallest absolute Gasteiger partial charge is 0.251 e. The van der Waals surface area contributed by atoms with Gasteiger partial charge in [-0.25, -0.2) is 8.78 Å². The van der Waals surface area contributed by atoms with Crippen LogP contribution in [0.1, 0.15) is 58.6 Å². The van der Waals surface area contributed by atoms with Crippen LogP contribution in [-0.4, -0.2) is 24.9 Å². The highest BCUT2D eigenvalue weighted by atomic mass is 19.1. The Morgan fingerprint density at radius 1 is 0.750 bits per heavy atom. The molecule has 3 aromatic rings. The Hall–Kier alpha value is -3.80. The molecule has 3 aromatic carbocycles. The number of rotatable bonds is 12. The van der Waals surface area contributed by atoms with Crippen molar-refractivity contribution < 1.29 is 18.4 Å². The van der Waals surface area contributed by atoms with E-state index in [0.29, 0.717) is 31.5 Å². The van der Waals surface area contributed by atoms with Crippen molar-refractivity contribution in [2.24, 2.45) is 0 Å². The average Bonchev–Trinajstić information content (AvgIpc) is 2.88. The summed E-state index contributed by atoms with van der Waals surface area (Å²) in [5.74, 6) is -0.758. The molecule has 0 atom stereocenters. The number of unbranched alkanes of at least 4 members (excludes halogenated alkanes) is 1. The predicted octanol–water partition coefficient (Wildman–Crippen LogP) is 6.07. The molecule has 0 saturated carbocycles. The third-order valence-electron chi connectivity index (χ3n) is 5.97. The minimum Gasteiger partial charge on any atom is -0.353 e. The molecular weight excluding hydrogens is 458 g/mol. The summed E-state index contributed by atoms with van der Waals surface area (Å²) in [7, 11) is 0.